The van der Waals surface area contributed by atoms with Crippen molar-refractivity contribution in [3.63, 3.8) is 0 Å². The molecule has 0 saturated heterocycles. The normalized spacial score (nSPS) is 10.6. The standard InChI is InChI=1S/C20H21NO4/c1-15-2-4-17(5-3-15)14-25-18-9-6-16(7-10-18)8-11-19(22)21-13-12-20(23)24/h2-11H,12-14H2,1H3,(H,21,22)(H,23,24)/b11-8+. The Labute approximate surface area is 146 Å². The molecule has 1 amide bonds. The minimum atomic E-state index is -0.939. The van der Waals surface area contributed by atoms with E-state index in [4.69, 9.17) is 9.84 Å². The van der Waals surface area contributed by atoms with Gasteiger partial charge in [0.15, 0.2) is 0 Å². The number of carboxylic acid groups (broad SMARTS) is 1. The molecule has 0 heterocycles. The lowest BCUT2D eigenvalue weighted by atomic mass is 10.1. The molecule has 0 spiro atoms. The van der Waals surface area contributed by atoms with Crippen LogP contribution in [-0.4, -0.2) is 23.5 Å². The van der Waals surface area contributed by atoms with Gasteiger partial charge in [0, 0.05) is 12.6 Å². The van der Waals surface area contributed by atoms with Gasteiger partial charge in [0.1, 0.15) is 12.4 Å². The molecule has 0 aliphatic rings. The van der Waals surface area contributed by atoms with Gasteiger partial charge >= 0.3 is 5.97 Å². The van der Waals surface area contributed by atoms with Crippen molar-refractivity contribution in [1.29, 1.82) is 0 Å². The van der Waals surface area contributed by atoms with Gasteiger partial charge in [-0.15, -0.1) is 0 Å². The number of ether oxygens (including phenoxy) is 1. The smallest absolute Gasteiger partial charge is 0.305 e. The van der Waals surface area contributed by atoms with E-state index in [0.29, 0.717) is 6.61 Å². The number of nitrogens with one attached hydrogen (secondary N) is 1. The molecule has 5 heteroatoms. The Morgan fingerprint density at radius 3 is 2.40 bits per heavy atom. The van der Waals surface area contributed by atoms with Crippen LogP contribution in [0.4, 0.5) is 0 Å². The zero-order chi connectivity index (χ0) is 18.1. The van der Waals surface area contributed by atoms with Crippen LogP contribution in [0.1, 0.15) is 23.1 Å². The van der Waals surface area contributed by atoms with Crippen LogP contribution in [-0.2, 0) is 16.2 Å². The van der Waals surface area contributed by atoms with Crippen LogP contribution in [0, 0.1) is 6.92 Å². The molecule has 0 saturated carbocycles. The monoisotopic (exact) mass is 339 g/mol. The number of hydrogen-bond acceptors (Lipinski definition) is 3. The predicted octanol–water partition coefficient (Wildman–Crippen LogP) is 3.18. The molecule has 25 heavy (non-hydrogen) atoms. The third kappa shape index (κ3) is 6.91. The lowest BCUT2D eigenvalue weighted by molar-refractivity contribution is -0.136. The summed E-state index contributed by atoms with van der Waals surface area (Å²) >= 11 is 0. The van der Waals surface area contributed by atoms with Gasteiger partial charge in [-0.2, -0.15) is 0 Å². The van der Waals surface area contributed by atoms with E-state index in [9.17, 15) is 9.59 Å². The number of aliphatic carboxylic acids is 1. The van der Waals surface area contributed by atoms with E-state index in [1.807, 2.05) is 55.5 Å². The molecule has 2 aromatic rings. The average Bonchev–Trinajstić information content (AvgIpc) is 2.60. The summed E-state index contributed by atoms with van der Waals surface area (Å²) in [5.41, 5.74) is 3.18. The van der Waals surface area contributed by atoms with Crippen molar-refractivity contribution < 1.29 is 19.4 Å². The highest BCUT2D eigenvalue weighted by molar-refractivity contribution is 5.91. The zero-order valence-corrected chi connectivity index (χ0v) is 14.1. The molecule has 0 aromatic heterocycles. The van der Waals surface area contributed by atoms with Crippen LogP contribution < -0.4 is 10.1 Å². The topological polar surface area (TPSA) is 75.6 Å². The second kappa shape index (κ2) is 9.27. The van der Waals surface area contributed by atoms with Crippen LogP contribution >= 0.6 is 0 Å². The van der Waals surface area contributed by atoms with Crippen LogP contribution in [0.5, 0.6) is 5.75 Å². The van der Waals surface area contributed by atoms with E-state index in [1.165, 1.54) is 11.6 Å². The zero-order valence-electron chi connectivity index (χ0n) is 14.1. The predicted molar refractivity (Wildman–Crippen MR) is 96.2 cm³/mol. The Morgan fingerprint density at radius 2 is 1.76 bits per heavy atom. The van der Waals surface area contributed by atoms with Crippen molar-refractivity contribution in [2.24, 2.45) is 0 Å². The maximum atomic E-state index is 11.5. The maximum absolute atomic E-state index is 11.5. The Morgan fingerprint density at radius 1 is 1.08 bits per heavy atom. The molecule has 0 fully saturated rings. The molecule has 0 aliphatic heterocycles. The number of benzene rings is 2. The molecule has 5 nitrogen and oxygen atoms in total. The van der Waals surface area contributed by atoms with Gasteiger partial charge in [0.05, 0.1) is 6.42 Å². The van der Waals surface area contributed by atoms with E-state index in [0.717, 1.165) is 16.9 Å². The van der Waals surface area contributed by atoms with Crippen LogP contribution in [0.3, 0.4) is 0 Å². The van der Waals surface area contributed by atoms with Gasteiger partial charge in [0.2, 0.25) is 5.91 Å². The van der Waals surface area contributed by atoms with Crippen molar-refractivity contribution in [2.45, 2.75) is 20.0 Å². The number of rotatable bonds is 8. The summed E-state index contributed by atoms with van der Waals surface area (Å²) in [6.45, 7) is 2.66. The second-order valence-corrected chi connectivity index (χ2v) is 5.61. The SMILES string of the molecule is Cc1ccc(COc2ccc(/C=C/C(=O)NCCC(=O)O)cc2)cc1. The first-order chi connectivity index (χ1) is 12.0. The summed E-state index contributed by atoms with van der Waals surface area (Å²) in [6.07, 6.45) is 2.95. The number of carbonyl (C=O) groups excluding carboxylic acids is 1. The molecule has 2 rings (SSSR count). The minimum absolute atomic E-state index is 0.0907. The summed E-state index contributed by atoms with van der Waals surface area (Å²) in [5.74, 6) is -0.505. The number of aryl methyl sites for hydroxylation is 1. The lowest BCUT2D eigenvalue weighted by Crippen LogP contribution is -2.23. The van der Waals surface area contributed by atoms with Crippen molar-refractivity contribution in [3.05, 3.63) is 71.3 Å². The van der Waals surface area contributed by atoms with Gasteiger partial charge in [0.25, 0.3) is 0 Å². The molecule has 0 bridgehead atoms. The fourth-order valence-electron chi connectivity index (χ4n) is 2.05. The van der Waals surface area contributed by atoms with Crippen LogP contribution in [0.2, 0.25) is 0 Å². The molecule has 0 radical (unpaired) electrons. The van der Waals surface area contributed by atoms with Crippen molar-refractivity contribution >= 4 is 18.0 Å². The van der Waals surface area contributed by atoms with Crippen LogP contribution in [0.15, 0.2) is 54.6 Å². The quantitative estimate of drug-likeness (QED) is 0.724. The molecule has 0 unspecified atom stereocenters. The van der Waals surface area contributed by atoms with E-state index in [-0.39, 0.29) is 18.9 Å². The van der Waals surface area contributed by atoms with Crippen molar-refractivity contribution in [3.8, 4) is 5.75 Å². The van der Waals surface area contributed by atoms with E-state index in [2.05, 4.69) is 5.32 Å². The molecular weight excluding hydrogens is 318 g/mol. The summed E-state index contributed by atoms with van der Waals surface area (Å²) < 4.78 is 5.73. The highest BCUT2D eigenvalue weighted by atomic mass is 16.5. The molecule has 2 aromatic carbocycles. The lowest BCUT2D eigenvalue weighted by Gasteiger charge is -2.07. The Bertz CT molecular complexity index is 733. The first-order valence-corrected chi connectivity index (χ1v) is 7.99. The average molecular weight is 339 g/mol. The molecule has 130 valence electrons. The van der Waals surface area contributed by atoms with Crippen LogP contribution in [0.25, 0.3) is 6.08 Å². The van der Waals surface area contributed by atoms with Crippen molar-refractivity contribution in [1.82, 2.24) is 5.32 Å². The Balaban J connectivity index is 1.80. The Kier molecular flexibility index (Phi) is 6.77. The largest absolute Gasteiger partial charge is 0.489 e. The summed E-state index contributed by atoms with van der Waals surface area (Å²) in [6, 6.07) is 15.6. The number of carbonyl (C=O) groups is 2. The van der Waals surface area contributed by atoms with E-state index in [1.54, 1.807) is 6.08 Å². The van der Waals surface area contributed by atoms with Gasteiger partial charge in [-0.3, -0.25) is 9.59 Å². The highest BCUT2D eigenvalue weighted by Crippen LogP contribution is 2.15. The molecule has 0 aliphatic carbocycles. The van der Waals surface area contributed by atoms with Gasteiger partial charge < -0.3 is 15.2 Å². The number of amides is 1. The van der Waals surface area contributed by atoms with Gasteiger partial charge in [-0.05, 0) is 36.3 Å². The third-order valence-electron chi connectivity index (χ3n) is 3.47. The summed E-state index contributed by atoms with van der Waals surface area (Å²) in [7, 11) is 0. The fourth-order valence-corrected chi connectivity index (χ4v) is 2.05. The third-order valence-corrected chi connectivity index (χ3v) is 3.47. The fraction of sp³-hybridized carbons (Fsp3) is 0.200. The molecular formula is C20H21NO4. The molecule has 0 atom stereocenters. The highest BCUT2D eigenvalue weighted by Gasteiger charge is 1.99. The minimum Gasteiger partial charge on any atom is -0.489 e. The molecule has 2 N–H and O–H groups in total. The first-order valence-electron chi connectivity index (χ1n) is 7.99. The first kappa shape index (κ1) is 18.3. The van der Waals surface area contributed by atoms with E-state index < -0.39 is 5.97 Å². The Hall–Kier alpha value is -3.08. The number of carboxylic acids is 1. The number of hydrogen-bond donors (Lipinski definition) is 2. The van der Waals surface area contributed by atoms with Crippen molar-refractivity contribution in [2.75, 3.05) is 6.54 Å². The van der Waals surface area contributed by atoms with E-state index >= 15 is 0 Å². The summed E-state index contributed by atoms with van der Waals surface area (Å²) in [4.78, 5) is 21.9. The maximum Gasteiger partial charge on any atom is 0.305 e. The van der Waals surface area contributed by atoms with Gasteiger partial charge in [-0.1, -0.05) is 42.0 Å². The van der Waals surface area contributed by atoms with Gasteiger partial charge in [-0.25, -0.2) is 0 Å². The summed E-state index contributed by atoms with van der Waals surface area (Å²) in [5, 5.41) is 11.0. The second-order valence-electron chi connectivity index (χ2n) is 5.61.